The molecule has 0 bridgehead atoms. The zero-order chi connectivity index (χ0) is 10.5. The van der Waals surface area contributed by atoms with E-state index in [1.54, 1.807) is 0 Å². The summed E-state index contributed by atoms with van der Waals surface area (Å²) < 4.78 is 0. The lowest BCUT2D eigenvalue weighted by Gasteiger charge is -2.12. The molecule has 0 aromatic heterocycles. The molecule has 0 unspecified atom stereocenters. The Morgan fingerprint density at radius 3 is 2.53 bits per heavy atom. The maximum absolute atomic E-state index is 12.1. The number of Topliss-reactive ketones (excluding diaryl/α,β-unsaturated/α-hetero) is 1. The van der Waals surface area contributed by atoms with E-state index in [-0.39, 0.29) is 5.41 Å². The molecule has 0 heterocycles. The summed E-state index contributed by atoms with van der Waals surface area (Å²) in [5, 5.41) is 0. The summed E-state index contributed by atoms with van der Waals surface area (Å²) in [6.45, 7) is 2.21. The minimum atomic E-state index is 0.0343. The Hall–Kier alpha value is -1.11. The van der Waals surface area contributed by atoms with Crippen LogP contribution in [0, 0.1) is 11.3 Å². The summed E-state index contributed by atoms with van der Waals surface area (Å²) in [4.78, 5) is 12.1. The first-order valence-electron chi connectivity index (χ1n) is 5.82. The third kappa shape index (κ3) is 1.26. The standard InChI is InChI=1S/C14H16O/c1-10-8-14(10)9-12-5-3-2-4-11(12)6-7-13(14)15/h2-5,10H,6-9H2,1H3/t10-,14+/m1/s1. The van der Waals surface area contributed by atoms with Crippen molar-refractivity contribution in [2.24, 2.45) is 11.3 Å². The monoisotopic (exact) mass is 200 g/mol. The van der Waals surface area contributed by atoms with Gasteiger partial charge in [-0.15, -0.1) is 0 Å². The molecule has 1 fully saturated rings. The van der Waals surface area contributed by atoms with E-state index in [2.05, 4.69) is 31.2 Å². The zero-order valence-corrected chi connectivity index (χ0v) is 9.12. The van der Waals surface area contributed by atoms with Gasteiger partial charge in [-0.1, -0.05) is 31.2 Å². The molecule has 1 nitrogen and oxygen atoms in total. The van der Waals surface area contributed by atoms with Crippen LogP contribution in [0.15, 0.2) is 24.3 Å². The molecule has 15 heavy (non-hydrogen) atoms. The van der Waals surface area contributed by atoms with Gasteiger partial charge >= 0.3 is 0 Å². The Morgan fingerprint density at radius 1 is 1.20 bits per heavy atom. The molecule has 3 rings (SSSR count). The number of aryl methyl sites for hydroxylation is 1. The van der Waals surface area contributed by atoms with Crippen LogP contribution in [0.1, 0.15) is 30.9 Å². The Kier molecular flexibility index (Phi) is 1.79. The van der Waals surface area contributed by atoms with Gasteiger partial charge in [0.1, 0.15) is 5.78 Å². The lowest BCUT2D eigenvalue weighted by molar-refractivity contribution is -0.124. The van der Waals surface area contributed by atoms with Crippen molar-refractivity contribution in [1.29, 1.82) is 0 Å². The fraction of sp³-hybridized carbons (Fsp3) is 0.500. The number of fused-ring (bicyclic) bond motifs is 1. The largest absolute Gasteiger partial charge is 0.299 e. The summed E-state index contributed by atoms with van der Waals surface area (Å²) in [5.74, 6) is 1.11. The Balaban J connectivity index is 2.02. The second-order valence-electron chi connectivity index (χ2n) is 5.13. The van der Waals surface area contributed by atoms with Crippen LogP contribution >= 0.6 is 0 Å². The molecule has 0 amide bonds. The first kappa shape index (κ1) is 9.14. The molecular formula is C14H16O. The average molecular weight is 200 g/mol. The van der Waals surface area contributed by atoms with Crippen molar-refractivity contribution < 1.29 is 4.79 Å². The molecule has 2 aliphatic rings. The van der Waals surface area contributed by atoms with Crippen molar-refractivity contribution >= 4 is 5.78 Å². The molecule has 1 aromatic carbocycles. The highest BCUT2D eigenvalue weighted by Gasteiger charge is 2.56. The van der Waals surface area contributed by atoms with E-state index in [1.165, 1.54) is 11.1 Å². The minimum Gasteiger partial charge on any atom is -0.299 e. The van der Waals surface area contributed by atoms with Gasteiger partial charge in [0.15, 0.2) is 0 Å². The van der Waals surface area contributed by atoms with Gasteiger partial charge in [0.25, 0.3) is 0 Å². The highest BCUT2D eigenvalue weighted by atomic mass is 16.1. The van der Waals surface area contributed by atoms with Crippen LogP contribution in [0.25, 0.3) is 0 Å². The molecule has 2 aliphatic carbocycles. The normalized spacial score (nSPS) is 33.7. The first-order chi connectivity index (χ1) is 7.22. The first-order valence-corrected chi connectivity index (χ1v) is 5.82. The average Bonchev–Trinajstić information content (AvgIpc) is 2.91. The molecule has 1 heteroatoms. The Morgan fingerprint density at radius 2 is 1.87 bits per heavy atom. The van der Waals surface area contributed by atoms with Crippen LogP contribution in [-0.4, -0.2) is 5.78 Å². The highest BCUT2D eigenvalue weighted by molar-refractivity contribution is 5.89. The number of benzene rings is 1. The van der Waals surface area contributed by atoms with Crippen LogP contribution < -0.4 is 0 Å². The zero-order valence-electron chi connectivity index (χ0n) is 9.12. The van der Waals surface area contributed by atoms with Gasteiger partial charge in [-0.25, -0.2) is 0 Å². The maximum atomic E-state index is 12.1. The van der Waals surface area contributed by atoms with E-state index in [4.69, 9.17) is 0 Å². The van der Waals surface area contributed by atoms with Crippen molar-refractivity contribution in [2.45, 2.75) is 32.6 Å². The van der Waals surface area contributed by atoms with Crippen LogP contribution in [0.2, 0.25) is 0 Å². The van der Waals surface area contributed by atoms with E-state index in [0.717, 1.165) is 25.7 Å². The summed E-state index contributed by atoms with van der Waals surface area (Å²) in [5.41, 5.74) is 2.83. The Bertz CT molecular complexity index is 421. The maximum Gasteiger partial charge on any atom is 0.139 e. The molecule has 1 saturated carbocycles. The predicted molar refractivity (Wildman–Crippen MR) is 59.7 cm³/mol. The smallest absolute Gasteiger partial charge is 0.139 e. The number of hydrogen-bond acceptors (Lipinski definition) is 1. The fourth-order valence-electron chi connectivity index (χ4n) is 3.03. The number of rotatable bonds is 0. The van der Waals surface area contributed by atoms with Gasteiger partial charge in [-0.2, -0.15) is 0 Å². The molecule has 1 aromatic rings. The van der Waals surface area contributed by atoms with Crippen molar-refractivity contribution in [3.8, 4) is 0 Å². The van der Waals surface area contributed by atoms with Crippen molar-refractivity contribution in [1.82, 2.24) is 0 Å². The number of ketones is 1. The SMILES string of the molecule is C[C@@H]1C[C@]12Cc1ccccc1CCC2=O. The second-order valence-corrected chi connectivity index (χ2v) is 5.13. The fourth-order valence-corrected chi connectivity index (χ4v) is 3.03. The minimum absolute atomic E-state index is 0.0343. The van der Waals surface area contributed by atoms with Crippen LogP contribution in [0.5, 0.6) is 0 Å². The van der Waals surface area contributed by atoms with Crippen molar-refractivity contribution in [3.05, 3.63) is 35.4 Å². The number of hydrogen-bond donors (Lipinski definition) is 0. The summed E-state index contributed by atoms with van der Waals surface area (Å²) >= 11 is 0. The molecule has 0 saturated heterocycles. The predicted octanol–water partition coefficient (Wildman–Crippen LogP) is 2.77. The van der Waals surface area contributed by atoms with E-state index in [1.807, 2.05) is 0 Å². The van der Waals surface area contributed by atoms with Gasteiger partial charge in [0.05, 0.1) is 0 Å². The van der Waals surface area contributed by atoms with E-state index < -0.39 is 0 Å². The quantitative estimate of drug-likeness (QED) is 0.629. The van der Waals surface area contributed by atoms with Crippen LogP contribution in [0.3, 0.4) is 0 Å². The third-order valence-corrected chi connectivity index (χ3v) is 4.25. The van der Waals surface area contributed by atoms with Gasteiger partial charge in [-0.05, 0) is 36.3 Å². The van der Waals surface area contributed by atoms with Crippen LogP contribution in [-0.2, 0) is 17.6 Å². The third-order valence-electron chi connectivity index (χ3n) is 4.25. The second kappa shape index (κ2) is 2.94. The molecular weight excluding hydrogens is 184 g/mol. The molecule has 78 valence electrons. The molecule has 1 spiro atoms. The van der Waals surface area contributed by atoms with E-state index in [9.17, 15) is 4.79 Å². The number of carbonyl (C=O) groups excluding carboxylic acids is 1. The summed E-state index contributed by atoms with van der Waals surface area (Å²) in [7, 11) is 0. The molecule has 2 atom stereocenters. The summed E-state index contributed by atoms with van der Waals surface area (Å²) in [6, 6.07) is 8.54. The van der Waals surface area contributed by atoms with Crippen LogP contribution in [0.4, 0.5) is 0 Å². The highest BCUT2D eigenvalue weighted by Crippen LogP contribution is 2.57. The van der Waals surface area contributed by atoms with E-state index >= 15 is 0 Å². The van der Waals surface area contributed by atoms with Crippen molar-refractivity contribution in [3.63, 3.8) is 0 Å². The summed E-state index contributed by atoms with van der Waals surface area (Å²) in [6.07, 6.45) is 3.80. The van der Waals surface area contributed by atoms with Gasteiger partial charge in [0, 0.05) is 11.8 Å². The Labute approximate surface area is 90.5 Å². The number of carbonyl (C=O) groups is 1. The topological polar surface area (TPSA) is 17.1 Å². The molecule has 0 aliphatic heterocycles. The van der Waals surface area contributed by atoms with E-state index in [0.29, 0.717) is 11.7 Å². The lowest BCUT2D eigenvalue weighted by Crippen LogP contribution is -2.18. The van der Waals surface area contributed by atoms with Gasteiger partial charge in [0.2, 0.25) is 0 Å². The van der Waals surface area contributed by atoms with Crippen molar-refractivity contribution in [2.75, 3.05) is 0 Å². The van der Waals surface area contributed by atoms with Gasteiger partial charge < -0.3 is 0 Å². The van der Waals surface area contributed by atoms with Gasteiger partial charge in [-0.3, -0.25) is 4.79 Å². The molecule has 0 N–H and O–H groups in total. The lowest BCUT2D eigenvalue weighted by atomic mass is 9.91. The molecule has 0 radical (unpaired) electrons.